The van der Waals surface area contributed by atoms with Crippen LogP contribution in [0.15, 0.2) is 59.5 Å². The number of thiocarbonyl (C=S) groups is 1. The second-order valence-corrected chi connectivity index (χ2v) is 11.0. The fraction of sp³-hybridized carbons (Fsp3) is 0.241. The van der Waals surface area contributed by atoms with Crippen LogP contribution in [0.25, 0.3) is 17.3 Å². The van der Waals surface area contributed by atoms with Gasteiger partial charge in [0, 0.05) is 12.1 Å². The molecule has 0 spiro atoms. The second-order valence-electron chi connectivity index (χ2n) is 9.33. The summed E-state index contributed by atoms with van der Waals surface area (Å²) < 4.78 is 91.1. The van der Waals surface area contributed by atoms with E-state index < -0.39 is 35.4 Å². The lowest BCUT2D eigenvalue weighted by Gasteiger charge is -2.16. The number of ether oxygens (including phenoxy) is 2. The highest BCUT2D eigenvalue weighted by molar-refractivity contribution is 8.26. The standard InChI is InChI=1S/C29H22F6N2O5S2/c1-41-22-7-6-16(11-25(38)39)10-23(22)42-9-3-8-37-26(40)24(44-27(37)43)15-20-4-2-5-21(36-20)17-12-18(28(30,31)32)14-19(13-17)29(33,34)35/h2,4-7,10,12-15H,3,8-9,11H2,1H3,(H,38,39)/b24-15-. The zero-order valence-electron chi connectivity index (χ0n) is 22.7. The van der Waals surface area contributed by atoms with Crippen molar-refractivity contribution in [3.8, 4) is 22.8 Å². The first-order valence-corrected chi connectivity index (χ1v) is 13.9. The Morgan fingerprint density at radius 2 is 1.70 bits per heavy atom. The van der Waals surface area contributed by atoms with Crippen molar-refractivity contribution in [2.45, 2.75) is 25.2 Å². The van der Waals surface area contributed by atoms with Crippen molar-refractivity contribution in [2.75, 3.05) is 20.3 Å². The van der Waals surface area contributed by atoms with E-state index in [1.807, 2.05) is 0 Å². The number of carboxylic acids is 1. The van der Waals surface area contributed by atoms with E-state index >= 15 is 0 Å². The number of carboxylic acid groups (broad SMARTS) is 1. The van der Waals surface area contributed by atoms with Gasteiger partial charge in [0.15, 0.2) is 11.5 Å². The number of hydrogen-bond donors (Lipinski definition) is 1. The molecule has 1 fully saturated rings. The Hall–Kier alpha value is -4.11. The molecule has 4 rings (SSSR count). The molecule has 44 heavy (non-hydrogen) atoms. The van der Waals surface area contributed by atoms with Gasteiger partial charge < -0.3 is 14.6 Å². The average molecular weight is 657 g/mol. The number of aliphatic carboxylic acids is 1. The molecule has 0 saturated carbocycles. The van der Waals surface area contributed by atoms with Gasteiger partial charge in [-0.3, -0.25) is 14.5 Å². The Labute approximate surface area is 256 Å². The molecule has 0 unspecified atom stereocenters. The summed E-state index contributed by atoms with van der Waals surface area (Å²) >= 11 is 6.30. The van der Waals surface area contributed by atoms with Crippen LogP contribution in [0.1, 0.15) is 28.8 Å². The minimum Gasteiger partial charge on any atom is -0.493 e. The highest BCUT2D eigenvalue weighted by Crippen LogP contribution is 2.39. The maximum atomic E-state index is 13.3. The number of alkyl halides is 6. The quantitative estimate of drug-likeness (QED) is 0.107. The number of rotatable bonds is 10. The van der Waals surface area contributed by atoms with Gasteiger partial charge in [-0.05, 0) is 60.5 Å². The maximum absolute atomic E-state index is 13.3. The highest BCUT2D eigenvalue weighted by Gasteiger charge is 2.37. The number of amides is 1. The van der Waals surface area contributed by atoms with Crippen LogP contribution in [0.3, 0.4) is 0 Å². The number of thioether (sulfide) groups is 1. The number of carbonyl (C=O) groups excluding carboxylic acids is 1. The maximum Gasteiger partial charge on any atom is 0.416 e. The zero-order chi connectivity index (χ0) is 32.2. The van der Waals surface area contributed by atoms with Crippen LogP contribution in [0, 0.1) is 0 Å². The van der Waals surface area contributed by atoms with Gasteiger partial charge in [-0.1, -0.05) is 36.1 Å². The van der Waals surface area contributed by atoms with Gasteiger partial charge in [0.25, 0.3) is 5.91 Å². The Kier molecular flexibility index (Phi) is 9.88. The molecule has 1 amide bonds. The minimum atomic E-state index is -5.01. The molecule has 0 radical (unpaired) electrons. The number of nitrogens with zero attached hydrogens (tertiary/aromatic N) is 2. The number of methoxy groups -OCH3 is 1. The first kappa shape index (κ1) is 32.8. The number of pyridine rings is 1. The third-order valence-electron chi connectivity index (χ3n) is 6.17. The Morgan fingerprint density at radius 1 is 1.02 bits per heavy atom. The van der Waals surface area contributed by atoms with E-state index in [-0.39, 0.29) is 51.8 Å². The van der Waals surface area contributed by atoms with Gasteiger partial charge in [-0.2, -0.15) is 26.3 Å². The van der Waals surface area contributed by atoms with Crippen molar-refractivity contribution in [3.63, 3.8) is 0 Å². The van der Waals surface area contributed by atoms with Crippen molar-refractivity contribution in [1.29, 1.82) is 0 Å². The van der Waals surface area contributed by atoms with E-state index in [1.54, 1.807) is 18.2 Å². The molecule has 232 valence electrons. The molecule has 1 aromatic heterocycles. The van der Waals surface area contributed by atoms with E-state index in [0.717, 1.165) is 11.8 Å². The van der Waals surface area contributed by atoms with Crippen molar-refractivity contribution in [3.05, 3.63) is 81.9 Å². The summed E-state index contributed by atoms with van der Waals surface area (Å²) in [4.78, 5) is 29.7. The molecule has 0 atom stereocenters. The van der Waals surface area contributed by atoms with Gasteiger partial charge >= 0.3 is 18.3 Å². The van der Waals surface area contributed by atoms with E-state index in [9.17, 15) is 35.9 Å². The van der Waals surface area contributed by atoms with Crippen LogP contribution >= 0.6 is 24.0 Å². The number of benzene rings is 2. The highest BCUT2D eigenvalue weighted by atomic mass is 32.2. The van der Waals surface area contributed by atoms with Crippen LogP contribution < -0.4 is 9.47 Å². The van der Waals surface area contributed by atoms with E-state index in [0.29, 0.717) is 35.6 Å². The van der Waals surface area contributed by atoms with E-state index in [4.69, 9.17) is 26.8 Å². The van der Waals surface area contributed by atoms with Gasteiger partial charge in [0.2, 0.25) is 0 Å². The monoisotopic (exact) mass is 656 g/mol. The number of halogens is 6. The van der Waals surface area contributed by atoms with Gasteiger partial charge in [-0.15, -0.1) is 0 Å². The lowest BCUT2D eigenvalue weighted by atomic mass is 10.0. The van der Waals surface area contributed by atoms with Crippen molar-refractivity contribution in [2.24, 2.45) is 0 Å². The summed E-state index contributed by atoms with van der Waals surface area (Å²) in [7, 11) is 1.44. The molecule has 0 aliphatic carbocycles. The average Bonchev–Trinajstić information content (AvgIpc) is 3.21. The van der Waals surface area contributed by atoms with Gasteiger partial charge in [-0.25, -0.2) is 4.98 Å². The van der Waals surface area contributed by atoms with Crippen molar-refractivity contribution < 1.29 is 50.5 Å². The molecule has 2 heterocycles. The Morgan fingerprint density at radius 3 is 2.32 bits per heavy atom. The van der Waals surface area contributed by atoms with E-state index in [2.05, 4.69) is 4.98 Å². The molecule has 1 N–H and O–H groups in total. The molecular formula is C29H22F6N2O5S2. The molecule has 1 aliphatic rings. The van der Waals surface area contributed by atoms with Crippen LogP contribution in [-0.4, -0.2) is 51.4 Å². The van der Waals surface area contributed by atoms with Crippen LogP contribution in [0.2, 0.25) is 0 Å². The van der Waals surface area contributed by atoms with E-state index in [1.165, 1.54) is 36.3 Å². The topological polar surface area (TPSA) is 89.0 Å². The first-order chi connectivity index (χ1) is 20.7. The fourth-order valence-electron chi connectivity index (χ4n) is 4.15. The predicted octanol–water partition coefficient (Wildman–Crippen LogP) is 7.09. The third kappa shape index (κ3) is 8.08. The Bertz CT molecular complexity index is 1590. The molecule has 1 aliphatic heterocycles. The van der Waals surface area contributed by atoms with Crippen LogP contribution in [0.5, 0.6) is 11.5 Å². The summed E-state index contributed by atoms with van der Waals surface area (Å²) in [6, 6.07) is 10.1. The smallest absolute Gasteiger partial charge is 0.416 e. The summed E-state index contributed by atoms with van der Waals surface area (Å²) in [6.45, 7) is 0.320. The molecule has 15 heteroatoms. The molecular weight excluding hydrogens is 634 g/mol. The Balaban J connectivity index is 1.46. The van der Waals surface area contributed by atoms with Gasteiger partial charge in [0.1, 0.15) is 4.32 Å². The number of hydrogen-bond acceptors (Lipinski definition) is 7. The van der Waals surface area contributed by atoms with Crippen LogP contribution in [-0.2, 0) is 28.4 Å². The minimum absolute atomic E-state index is 0.0385. The largest absolute Gasteiger partial charge is 0.493 e. The zero-order valence-corrected chi connectivity index (χ0v) is 24.3. The summed E-state index contributed by atoms with van der Waals surface area (Å²) in [5, 5.41) is 9.02. The first-order valence-electron chi connectivity index (χ1n) is 12.7. The predicted molar refractivity (Wildman–Crippen MR) is 154 cm³/mol. The SMILES string of the molecule is COc1ccc(CC(=O)O)cc1OCCCN1C(=O)/C(=C/c2cccc(-c3cc(C(F)(F)F)cc(C(F)(F)F)c3)n2)SC1=S. The normalized spacial score (nSPS) is 14.8. The summed E-state index contributed by atoms with van der Waals surface area (Å²) in [5.41, 5.74) is -2.82. The number of carbonyl (C=O) groups is 2. The molecule has 1 saturated heterocycles. The lowest BCUT2D eigenvalue weighted by Crippen LogP contribution is -2.30. The van der Waals surface area contributed by atoms with Crippen molar-refractivity contribution >= 4 is 46.3 Å². The van der Waals surface area contributed by atoms with Crippen LogP contribution in [0.4, 0.5) is 26.3 Å². The summed E-state index contributed by atoms with van der Waals surface area (Å²) in [5.74, 6) is -0.712. The summed E-state index contributed by atoms with van der Waals surface area (Å²) in [6.07, 6.45) is -8.52. The number of aromatic nitrogens is 1. The molecule has 7 nitrogen and oxygen atoms in total. The fourth-order valence-corrected chi connectivity index (χ4v) is 5.44. The van der Waals surface area contributed by atoms with Gasteiger partial charge in [0.05, 0.1) is 47.6 Å². The lowest BCUT2D eigenvalue weighted by molar-refractivity contribution is -0.143. The second kappa shape index (κ2) is 13.3. The molecule has 0 bridgehead atoms. The molecule has 3 aromatic rings. The third-order valence-corrected chi connectivity index (χ3v) is 7.55. The molecule has 2 aromatic carbocycles. The van der Waals surface area contributed by atoms with Crippen molar-refractivity contribution in [1.82, 2.24) is 9.88 Å².